The number of hydrogen-bond acceptors (Lipinski definition) is 2. The van der Waals surface area contributed by atoms with Crippen molar-refractivity contribution in [3.63, 3.8) is 0 Å². The van der Waals surface area contributed by atoms with Crippen molar-refractivity contribution in [2.75, 3.05) is 26.2 Å². The van der Waals surface area contributed by atoms with E-state index >= 15 is 0 Å². The summed E-state index contributed by atoms with van der Waals surface area (Å²) >= 11 is 3.34. The third-order valence-corrected chi connectivity index (χ3v) is 5.16. The Kier molecular flexibility index (Phi) is 4.08. The zero-order valence-corrected chi connectivity index (χ0v) is 12.8. The fraction of sp³-hybridized carbons (Fsp3) is 0.533. The van der Waals surface area contributed by atoms with Crippen molar-refractivity contribution in [1.29, 1.82) is 0 Å². The van der Waals surface area contributed by atoms with E-state index < -0.39 is 0 Å². The van der Waals surface area contributed by atoms with E-state index in [9.17, 15) is 9.18 Å². The number of likely N-dealkylation sites (tertiary alicyclic amines) is 1. The summed E-state index contributed by atoms with van der Waals surface area (Å²) < 4.78 is 14.0. The van der Waals surface area contributed by atoms with Crippen LogP contribution in [0.1, 0.15) is 23.2 Å². The van der Waals surface area contributed by atoms with E-state index in [1.54, 1.807) is 6.07 Å². The van der Waals surface area contributed by atoms with Crippen molar-refractivity contribution in [2.24, 2.45) is 11.8 Å². The van der Waals surface area contributed by atoms with Gasteiger partial charge in [0.1, 0.15) is 5.82 Å². The molecule has 108 valence electrons. The molecule has 2 saturated heterocycles. The summed E-state index contributed by atoms with van der Waals surface area (Å²) in [6, 6.07) is 4.28. The predicted molar refractivity (Wildman–Crippen MR) is 79.1 cm³/mol. The number of halogens is 2. The average molecular weight is 341 g/mol. The van der Waals surface area contributed by atoms with Crippen molar-refractivity contribution in [3.05, 3.63) is 34.1 Å². The van der Waals surface area contributed by atoms with Crippen molar-refractivity contribution in [2.45, 2.75) is 12.8 Å². The fourth-order valence-electron chi connectivity index (χ4n) is 3.25. The molecule has 0 aromatic heterocycles. The Morgan fingerprint density at radius 2 is 1.90 bits per heavy atom. The van der Waals surface area contributed by atoms with Gasteiger partial charge in [0.2, 0.25) is 0 Å². The van der Waals surface area contributed by atoms with Crippen LogP contribution in [0, 0.1) is 17.7 Å². The monoisotopic (exact) mass is 340 g/mol. The lowest BCUT2D eigenvalue weighted by Crippen LogP contribution is -2.33. The molecule has 3 nitrogen and oxygen atoms in total. The van der Waals surface area contributed by atoms with Gasteiger partial charge in [-0.2, -0.15) is 0 Å². The maximum absolute atomic E-state index is 13.3. The van der Waals surface area contributed by atoms with E-state index in [-0.39, 0.29) is 11.7 Å². The Hall–Kier alpha value is -0.940. The molecule has 2 heterocycles. The van der Waals surface area contributed by atoms with Gasteiger partial charge in [0.05, 0.1) is 5.56 Å². The highest BCUT2D eigenvalue weighted by atomic mass is 79.9. The molecule has 1 aromatic carbocycles. The van der Waals surface area contributed by atoms with E-state index in [0.29, 0.717) is 21.9 Å². The third-order valence-electron chi connectivity index (χ3n) is 4.47. The topological polar surface area (TPSA) is 32.3 Å². The van der Waals surface area contributed by atoms with Crippen LogP contribution in [-0.2, 0) is 0 Å². The summed E-state index contributed by atoms with van der Waals surface area (Å²) in [6.07, 6.45) is 2.08. The lowest BCUT2D eigenvalue weighted by atomic mass is 9.92. The molecular formula is C15H18BrFN2O. The zero-order chi connectivity index (χ0) is 14.1. The van der Waals surface area contributed by atoms with Gasteiger partial charge in [-0.1, -0.05) is 0 Å². The second kappa shape index (κ2) is 5.82. The summed E-state index contributed by atoms with van der Waals surface area (Å²) in [4.78, 5) is 14.4. The van der Waals surface area contributed by atoms with Crippen LogP contribution in [0.15, 0.2) is 22.7 Å². The molecule has 20 heavy (non-hydrogen) atoms. The van der Waals surface area contributed by atoms with Crippen molar-refractivity contribution in [1.82, 2.24) is 10.2 Å². The Labute approximate surface area is 126 Å². The maximum atomic E-state index is 13.3. The number of rotatable bonds is 1. The van der Waals surface area contributed by atoms with Gasteiger partial charge >= 0.3 is 0 Å². The number of amides is 1. The van der Waals surface area contributed by atoms with Crippen molar-refractivity contribution >= 4 is 21.8 Å². The minimum absolute atomic E-state index is 0.0655. The zero-order valence-electron chi connectivity index (χ0n) is 11.2. The Balaban J connectivity index is 1.75. The first-order valence-electron chi connectivity index (χ1n) is 7.10. The lowest BCUT2D eigenvalue weighted by Gasteiger charge is -2.21. The normalized spacial score (nSPS) is 26.2. The van der Waals surface area contributed by atoms with Gasteiger partial charge in [-0.3, -0.25) is 4.79 Å². The molecule has 1 amide bonds. The van der Waals surface area contributed by atoms with Crippen LogP contribution in [0.4, 0.5) is 4.39 Å². The number of carbonyl (C=O) groups is 1. The molecule has 1 aromatic rings. The highest BCUT2D eigenvalue weighted by molar-refractivity contribution is 9.10. The van der Waals surface area contributed by atoms with Crippen LogP contribution >= 0.6 is 15.9 Å². The molecule has 5 heteroatoms. The minimum atomic E-state index is -0.368. The van der Waals surface area contributed by atoms with E-state index in [0.717, 1.165) is 39.0 Å². The van der Waals surface area contributed by atoms with Gasteiger partial charge in [-0.05, 0) is 71.9 Å². The highest BCUT2D eigenvalue weighted by Gasteiger charge is 2.32. The number of nitrogens with zero attached hydrogens (tertiary/aromatic N) is 1. The predicted octanol–water partition coefficient (Wildman–Crippen LogP) is 2.66. The first kappa shape index (κ1) is 14.0. The van der Waals surface area contributed by atoms with Crippen LogP contribution in [0.3, 0.4) is 0 Å². The van der Waals surface area contributed by atoms with Crippen LogP contribution in [0.2, 0.25) is 0 Å². The van der Waals surface area contributed by atoms with E-state index in [2.05, 4.69) is 21.2 Å². The maximum Gasteiger partial charge on any atom is 0.255 e. The van der Waals surface area contributed by atoms with Gasteiger partial charge in [-0.25, -0.2) is 4.39 Å². The smallest absolute Gasteiger partial charge is 0.255 e. The molecule has 1 N–H and O–H groups in total. The van der Waals surface area contributed by atoms with E-state index in [4.69, 9.17) is 0 Å². The molecule has 2 atom stereocenters. The first-order valence-corrected chi connectivity index (χ1v) is 7.89. The van der Waals surface area contributed by atoms with Gasteiger partial charge < -0.3 is 10.2 Å². The van der Waals surface area contributed by atoms with Crippen LogP contribution in [0.25, 0.3) is 0 Å². The summed E-state index contributed by atoms with van der Waals surface area (Å²) in [5.41, 5.74) is 0.426. The van der Waals surface area contributed by atoms with Crippen molar-refractivity contribution < 1.29 is 9.18 Å². The average Bonchev–Trinajstić information content (AvgIpc) is 2.80. The standard InChI is InChI=1S/C15H18BrFN2O/c16-14-2-1-12(17)7-13(14)15(20)19-5-3-10-8-18-9-11(10)4-6-19/h1-2,7,10-11,18H,3-6,8-9H2/t10-,11+. The number of benzene rings is 1. The van der Waals surface area contributed by atoms with Gasteiger partial charge in [0, 0.05) is 17.6 Å². The fourth-order valence-corrected chi connectivity index (χ4v) is 3.67. The first-order chi connectivity index (χ1) is 9.65. The Morgan fingerprint density at radius 1 is 1.25 bits per heavy atom. The highest BCUT2D eigenvalue weighted by Crippen LogP contribution is 2.28. The quantitative estimate of drug-likeness (QED) is 0.852. The molecule has 2 fully saturated rings. The van der Waals surface area contributed by atoms with Gasteiger partial charge in [-0.15, -0.1) is 0 Å². The van der Waals surface area contributed by atoms with Crippen LogP contribution in [-0.4, -0.2) is 37.0 Å². The molecule has 3 rings (SSSR count). The molecule has 0 saturated carbocycles. The minimum Gasteiger partial charge on any atom is -0.339 e. The second-order valence-electron chi connectivity index (χ2n) is 5.67. The molecule has 0 spiro atoms. The largest absolute Gasteiger partial charge is 0.339 e. The molecule has 0 aliphatic carbocycles. The van der Waals surface area contributed by atoms with Crippen LogP contribution < -0.4 is 5.32 Å². The second-order valence-corrected chi connectivity index (χ2v) is 6.53. The van der Waals surface area contributed by atoms with Crippen molar-refractivity contribution in [3.8, 4) is 0 Å². The number of hydrogen-bond donors (Lipinski definition) is 1. The molecule has 0 unspecified atom stereocenters. The van der Waals surface area contributed by atoms with Crippen LogP contribution in [0.5, 0.6) is 0 Å². The number of carbonyl (C=O) groups excluding carboxylic acids is 1. The molecule has 2 aliphatic rings. The number of fused-ring (bicyclic) bond motifs is 1. The van der Waals surface area contributed by atoms with E-state index in [1.165, 1.54) is 12.1 Å². The summed E-state index contributed by atoms with van der Waals surface area (Å²) in [5.74, 6) is 0.934. The molecule has 2 aliphatic heterocycles. The Morgan fingerprint density at radius 3 is 2.55 bits per heavy atom. The Bertz CT molecular complexity index is 509. The van der Waals surface area contributed by atoms with Gasteiger partial charge in [0.15, 0.2) is 0 Å². The molecule has 0 radical (unpaired) electrons. The summed E-state index contributed by atoms with van der Waals surface area (Å²) in [7, 11) is 0. The molecule has 0 bridgehead atoms. The SMILES string of the molecule is O=C(c1cc(F)ccc1Br)N1CC[C@@H]2CNC[C@@H]2CC1. The summed E-state index contributed by atoms with van der Waals surface area (Å²) in [6.45, 7) is 3.67. The molecular weight excluding hydrogens is 323 g/mol. The third kappa shape index (κ3) is 2.74. The number of nitrogens with one attached hydrogen (secondary N) is 1. The lowest BCUT2D eigenvalue weighted by molar-refractivity contribution is 0.0757. The summed E-state index contributed by atoms with van der Waals surface area (Å²) in [5, 5.41) is 3.42. The van der Waals surface area contributed by atoms with Gasteiger partial charge in [0.25, 0.3) is 5.91 Å². The van der Waals surface area contributed by atoms with E-state index in [1.807, 2.05) is 4.90 Å².